The summed E-state index contributed by atoms with van der Waals surface area (Å²) in [6.45, 7) is 13.5. The highest BCUT2D eigenvalue weighted by atomic mass is 31.1. The smallest absolute Gasteiger partial charge is 0.330 e. The van der Waals surface area contributed by atoms with Crippen LogP contribution in [0.5, 0.6) is 0 Å². The zero-order valence-corrected chi connectivity index (χ0v) is 14.9. The van der Waals surface area contributed by atoms with Crippen molar-refractivity contribution in [2.45, 2.75) is 52.9 Å². The minimum Gasteiger partial charge on any atom is -0.463 e. The van der Waals surface area contributed by atoms with Gasteiger partial charge in [0, 0.05) is 6.08 Å². The van der Waals surface area contributed by atoms with Crippen LogP contribution < -0.4 is 5.30 Å². The van der Waals surface area contributed by atoms with Gasteiger partial charge in [0.05, 0.1) is 6.61 Å². The highest BCUT2D eigenvalue weighted by Gasteiger charge is 2.22. The molecule has 0 atom stereocenters. The zero-order chi connectivity index (χ0) is 16.0. The Labute approximate surface area is 130 Å². The molecule has 0 fully saturated rings. The predicted octanol–water partition coefficient (Wildman–Crippen LogP) is 4.50. The summed E-state index contributed by atoms with van der Waals surface area (Å²) in [6, 6.07) is 6.31. The molecule has 0 aliphatic carbocycles. The molecular weight excluding hydrogens is 279 g/mol. The van der Waals surface area contributed by atoms with Gasteiger partial charge in [0.1, 0.15) is 0 Å². The molecule has 3 heteroatoms. The number of esters is 1. The standard InChI is InChI=1S/C18H27O2P/c1-7-20-17(19)12-11-16-10-8-9-15(6)18(16)21(13(2)3)14(4)5/h8-14H,7H2,1-6H3/b12-11+. The van der Waals surface area contributed by atoms with Gasteiger partial charge in [0.2, 0.25) is 0 Å². The van der Waals surface area contributed by atoms with Crippen LogP contribution in [0.15, 0.2) is 24.3 Å². The van der Waals surface area contributed by atoms with Gasteiger partial charge in [-0.15, -0.1) is 0 Å². The van der Waals surface area contributed by atoms with Crippen molar-refractivity contribution >= 4 is 25.3 Å². The molecule has 0 aromatic heterocycles. The molecule has 0 aliphatic rings. The van der Waals surface area contributed by atoms with E-state index in [4.69, 9.17) is 4.74 Å². The fourth-order valence-corrected chi connectivity index (χ4v) is 5.78. The number of hydrogen-bond donors (Lipinski definition) is 0. The van der Waals surface area contributed by atoms with E-state index in [-0.39, 0.29) is 13.9 Å². The highest BCUT2D eigenvalue weighted by molar-refractivity contribution is 7.67. The number of hydrogen-bond acceptors (Lipinski definition) is 2. The minimum atomic E-state index is -0.275. The van der Waals surface area contributed by atoms with Crippen LogP contribution in [-0.2, 0) is 9.53 Å². The molecule has 2 nitrogen and oxygen atoms in total. The number of benzene rings is 1. The molecule has 1 rings (SSSR count). The van der Waals surface area contributed by atoms with Gasteiger partial charge in [-0.3, -0.25) is 0 Å². The molecule has 0 heterocycles. The van der Waals surface area contributed by atoms with Crippen LogP contribution in [0, 0.1) is 6.92 Å². The maximum atomic E-state index is 11.5. The molecule has 0 saturated heterocycles. The number of carbonyl (C=O) groups is 1. The molecule has 0 bridgehead atoms. The van der Waals surface area contributed by atoms with Gasteiger partial charge in [-0.2, -0.15) is 0 Å². The maximum Gasteiger partial charge on any atom is 0.330 e. The quantitative estimate of drug-likeness (QED) is 0.439. The van der Waals surface area contributed by atoms with E-state index in [2.05, 4.69) is 52.8 Å². The summed E-state index contributed by atoms with van der Waals surface area (Å²) >= 11 is 0. The molecule has 0 N–H and O–H groups in total. The summed E-state index contributed by atoms with van der Waals surface area (Å²) in [5, 5.41) is 1.41. The Morgan fingerprint density at radius 1 is 1.24 bits per heavy atom. The van der Waals surface area contributed by atoms with E-state index in [1.807, 2.05) is 13.0 Å². The van der Waals surface area contributed by atoms with Crippen LogP contribution in [0.3, 0.4) is 0 Å². The molecular formula is C18H27O2P. The van der Waals surface area contributed by atoms with Crippen molar-refractivity contribution in [1.82, 2.24) is 0 Å². The summed E-state index contributed by atoms with van der Waals surface area (Å²) < 4.78 is 4.97. The number of aryl methyl sites for hydroxylation is 1. The van der Waals surface area contributed by atoms with Gasteiger partial charge in [-0.1, -0.05) is 53.8 Å². The van der Waals surface area contributed by atoms with Crippen LogP contribution in [-0.4, -0.2) is 23.9 Å². The molecule has 0 spiro atoms. The lowest BCUT2D eigenvalue weighted by Gasteiger charge is -2.29. The monoisotopic (exact) mass is 306 g/mol. The van der Waals surface area contributed by atoms with E-state index in [9.17, 15) is 4.79 Å². The van der Waals surface area contributed by atoms with Crippen molar-refractivity contribution in [3.8, 4) is 0 Å². The van der Waals surface area contributed by atoms with E-state index in [0.717, 1.165) is 5.56 Å². The first kappa shape index (κ1) is 17.9. The topological polar surface area (TPSA) is 26.3 Å². The van der Waals surface area contributed by atoms with Crippen LogP contribution >= 0.6 is 7.92 Å². The number of rotatable bonds is 6. The van der Waals surface area contributed by atoms with Crippen LogP contribution in [0.25, 0.3) is 6.08 Å². The first-order chi connectivity index (χ1) is 9.88. The molecule has 0 unspecified atom stereocenters. The second-order valence-corrected chi connectivity index (χ2v) is 9.02. The van der Waals surface area contributed by atoms with E-state index < -0.39 is 0 Å². The zero-order valence-electron chi connectivity index (χ0n) is 14.0. The molecule has 1 aromatic rings. The average Bonchev–Trinajstić information content (AvgIpc) is 2.38. The van der Waals surface area contributed by atoms with Crippen molar-refractivity contribution in [3.63, 3.8) is 0 Å². The van der Waals surface area contributed by atoms with Gasteiger partial charge in [0.25, 0.3) is 0 Å². The molecule has 116 valence electrons. The third kappa shape index (κ3) is 4.97. The maximum absolute atomic E-state index is 11.5. The lowest BCUT2D eigenvalue weighted by Crippen LogP contribution is -2.20. The van der Waals surface area contributed by atoms with Crippen LogP contribution in [0.2, 0.25) is 0 Å². The van der Waals surface area contributed by atoms with Gasteiger partial charge < -0.3 is 4.74 Å². The van der Waals surface area contributed by atoms with E-state index in [1.54, 1.807) is 0 Å². The average molecular weight is 306 g/mol. The van der Waals surface area contributed by atoms with E-state index in [1.165, 1.54) is 16.9 Å². The normalized spacial score (nSPS) is 11.9. The first-order valence-corrected chi connectivity index (χ1v) is 9.09. The Morgan fingerprint density at radius 2 is 1.86 bits per heavy atom. The fourth-order valence-electron chi connectivity index (χ4n) is 2.63. The third-order valence-electron chi connectivity index (χ3n) is 3.33. The summed E-state index contributed by atoms with van der Waals surface area (Å²) in [5.41, 5.74) is 3.71. The van der Waals surface area contributed by atoms with Crippen molar-refractivity contribution < 1.29 is 9.53 Å². The largest absolute Gasteiger partial charge is 0.463 e. The molecule has 0 saturated carbocycles. The van der Waals surface area contributed by atoms with Crippen molar-refractivity contribution in [2.75, 3.05) is 6.61 Å². The molecule has 1 aromatic carbocycles. The first-order valence-electron chi connectivity index (χ1n) is 7.61. The molecule has 0 amide bonds. The minimum absolute atomic E-state index is 0.257. The second-order valence-electron chi connectivity index (χ2n) is 5.69. The Morgan fingerprint density at radius 3 is 2.38 bits per heavy atom. The summed E-state index contributed by atoms with van der Waals surface area (Å²) in [7, 11) is -0.257. The molecule has 0 aliphatic heterocycles. The highest BCUT2D eigenvalue weighted by Crippen LogP contribution is 2.46. The summed E-state index contributed by atoms with van der Waals surface area (Å²) in [6.07, 6.45) is 3.44. The summed E-state index contributed by atoms with van der Waals surface area (Å²) in [4.78, 5) is 11.5. The van der Waals surface area contributed by atoms with Gasteiger partial charge in [-0.05, 0) is 47.7 Å². The van der Waals surface area contributed by atoms with E-state index >= 15 is 0 Å². The lowest BCUT2D eigenvalue weighted by molar-refractivity contribution is -0.137. The van der Waals surface area contributed by atoms with Gasteiger partial charge in [0.15, 0.2) is 0 Å². The van der Waals surface area contributed by atoms with Gasteiger partial charge in [-0.25, -0.2) is 4.79 Å². The Kier molecular flexibility index (Phi) is 7.11. The Balaban J connectivity index is 3.22. The van der Waals surface area contributed by atoms with Crippen molar-refractivity contribution in [3.05, 3.63) is 35.4 Å². The SMILES string of the molecule is CCOC(=O)/C=C/c1cccc(C)c1P(C(C)C)C(C)C. The van der Waals surface area contributed by atoms with Crippen molar-refractivity contribution in [1.29, 1.82) is 0 Å². The fraction of sp³-hybridized carbons (Fsp3) is 0.500. The predicted molar refractivity (Wildman–Crippen MR) is 93.7 cm³/mol. The molecule has 0 radical (unpaired) electrons. The number of ether oxygens (including phenoxy) is 1. The number of carbonyl (C=O) groups excluding carboxylic acids is 1. The lowest BCUT2D eigenvalue weighted by atomic mass is 10.1. The van der Waals surface area contributed by atoms with Crippen molar-refractivity contribution in [2.24, 2.45) is 0 Å². The Hall–Kier alpha value is -1.14. The Bertz CT molecular complexity index is 496. The van der Waals surface area contributed by atoms with Gasteiger partial charge >= 0.3 is 5.97 Å². The van der Waals surface area contributed by atoms with Crippen LogP contribution in [0.4, 0.5) is 0 Å². The van der Waals surface area contributed by atoms with Crippen LogP contribution in [0.1, 0.15) is 45.7 Å². The summed E-state index contributed by atoms with van der Waals surface area (Å²) in [5.74, 6) is -0.275. The van der Waals surface area contributed by atoms with E-state index in [0.29, 0.717) is 17.9 Å². The molecule has 21 heavy (non-hydrogen) atoms. The second kappa shape index (κ2) is 8.34. The third-order valence-corrected chi connectivity index (χ3v) is 6.68.